The molecule has 3 rings (SSSR count). The van der Waals surface area contributed by atoms with Gasteiger partial charge in [-0.3, -0.25) is 9.80 Å². The fraction of sp³-hybridized carbons (Fsp3) is 1.00. The van der Waals surface area contributed by atoms with E-state index in [9.17, 15) is 0 Å². The first-order valence-electron chi connectivity index (χ1n) is 6.87. The zero-order valence-electron chi connectivity index (χ0n) is 10.7. The second kappa shape index (κ2) is 3.97. The predicted molar refractivity (Wildman–Crippen MR) is 66.7 cm³/mol. The zero-order valence-corrected chi connectivity index (χ0v) is 10.7. The SMILES string of the molecule is CC1(C)CC(N2CCN(C3CC3)CC2)CN1. The summed E-state index contributed by atoms with van der Waals surface area (Å²) in [6.45, 7) is 11.0. The predicted octanol–water partition coefficient (Wildman–Crippen LogP) is 0.907. The van der Waals surface area contributed by atoms with E-state index in [0.29, 0.717) is 5.54 Å². The minimum atomic E-state index is 0.359. The molecule has 16 heavy (non-hydrogen) atoms. The zero-order chi connectivity index (χ0) is 11.2. The van der Waals surface area contributed by atoms with E-state index in [4.69, 9.17) is 0 Å². The quantitative estimate of drug-likeness (QED) is 0.750. The van der Waals surface area contributed by atoms with Crippen molar-refractivity contribution >= 4 is 0 Å². The molecule has 0 aromatic rings. The second-order valence-corrected chi connectivity index (χ2v) is 6.43. The Morgan fingerprint density at radius 1 is 0.938 bits per heavy atom. The molecular formula is C13H25N3. The molecule has 1 N–H and O–H groups in total. The van der Waals surface area contributed by atoms with Gasteiger partial charge in [0, 0.05) is 50.3 Å². The third-order valence-electron chi connectivity index (χ3n) is 4.49. The molecule has 3 nitrogen and oxygen atoms in total. The van der Waals surface area contributed by atoms with Crippen LogP contribution in [-0.2, 0) is 0 Å². The van der Waals surface area contributed by atoms with E-state index in [1.165, 1.54) is 52.0 Å². The highest BCUT2D eigenvalue weighted by Crippen LogP contribution is 2.29. The Morgan fingerprint density at radius 3 is 1.94 bits per heavy atom. The molecule has 3 aliphatic rings. The average molecular weight is 223 g/mol. The van der Waals surface area contributed by atoms with E-state index in [2.05, 4.69) is 29.0 Å². The monoisotopic (exact) mass is 223 g/mol. The maximum Gasteiger partial charge on any atom is 0.0239 e. The van der Waals surface area contributed by atoms with Crippen LogP contribution in [0.4, 0.5) is 0 Å². The highest BCUT2D eigenvalue weighted by molar-refractivity contribution is 4.96. The fourth-order valence-corrected chi connectivity index (χ4v) is 3.29. The topological polar surface area (TPSA) is 18.5 Å². The molecule has 3 heteroatoms. The maximum absolute atomic E-state index is 3.63. The van der Waals surface area contributed by atoms with Crippen molar-refractivity contribution in [3.8, 4) is 0 Å². The molecule has 0 spiro atoms. The number of rotatable bonds is 2. The minimum Gasteiger partial charge on any atom is -0.310 e. The highest BCUT2D eigenvalue weighted by Gasteiger charge is 2.37. The van der Waals surface area contributed by atoms with Crippen molar-refractivity contribution in [2.75, 3.05) is 32.7 Å². The van der Waals surface area contributed by atoms with Crippen LogP contribution >= 0.6 is 0 Å². The van der Waals surface area contributed by atoms with E-state index >= 15 is 0 Å². The lowest BCUT2D eigenvalue weighted by atomic mass is 10.0. The van der Waals surface area contributed by atoms with Crippen LogP contribution in [0.2, 0.25) is 0 Å². The maximum atomic E-state index is 3.63. The molecule has 2 aliphatic heterocycles. The van der Waals surface area contributed by atoms with E-state index in [0.717, 1.165) is 12.1 Å². The van der Waals surface area contributed by atoms with E-state index in [1.54, 1.807) is 0 Å². The Labute approximate surface area is 99.2 Å². The smallest absolute Gasteiger partial charge is 0.0239 e. The van der Waals surface area contributed by atoms with Gasteiger partial charge < -0.3 is 5.32 Å². The van der Waals surface area contributed by atoms with Crippen molar-refractivity contribution in [2.45, 2.75) is 50.7 Å². The first-order valence-corrected chi connectivity index (χ1v) is 6.87. The molecule has 1 unspecified atom stereocenters. The van der Waals surface area contributed by atoms with Gasteiger partial charge in [-0.2, -0.15) is 0 Å². The Kier molecular flexibility index (Phi) is 2.73. The lowest BCUT2D eigenvalue weighted by molar-refractivity contribution is 0.0956. The van der Waals surface area contributed by atoms with Gasteiger partial charge in [-0.15, -0.1) is 0 Å². The summed E-state index contributed by atoms with van der Waals surface area (Å²) in [4.78, 5) is 5.41. The summed E-state index contributed by atoms with van der Waals surface area (Å²) < 4.78 is 0. The summed E-state index contributed by atoms with van der Waals surface area (Å²) in [5.41, 5.74) is 0.359. The number of piperazine rings is 1. The molecule has 0 radical (unpaired) electrons. The van der Waals surface area contributed by atoms with Crippen LogP contribution in [0.1, 0.15) is 33.1 Å². The molecular weight excluding hydrogens is 198 g/mol. The number of nitrogens with one attached hydrogen (secondary N) is 1. The number of hydrogen-bond acceptors (Lipinski definition) is 3. The minimum absolute atomic E-state index is 0.359. The van der Waals surface area contributed by atoms with Gasteiger partial charge in [0.1, 0.15) is 0 Å². The first kappa shape index (κ1) is 11.0. The first-order chi connectivity index (χ1) is 7.64. The van der Waals surface area contributed by atoms with Crippen molar-refractivity contribution in [1.29, 1.82) is 0 Å². The molecule has 1 atom stereocenters. The molecule has 2 saturated heterocycles. The Hall–Kier alpha value is -0.120. The van der Waals surface area contributed by atoms with Crippen LogP contribution in [0.15, 0.2) is 0 Å². The third-order valence-corrected chi connectivity index (χ3v) is 4.49. The summed E-state index contributed by atoms with van der Waals surface area (Å²) in [7, 11) is 0. The van der Waals surface area contributed by atoms with Gasteiger partial charge in [0.25, 0.3) is 0 Å². The summed E-state index contributed by atoms with van der Waals surface area (Å²) in [5.74, 6) is 0. The lowest BCUT2D eigenvalue weighted by Crippen LogP contribution is -2.51. The number of hydrogen-bond donors (Lipinski definition) is 1. The second-order valence-electron chi connectivity index (χ2n) is 6.43. The largest absolute Gasteiger partial charge is 0.310 e. The summed E-state index contributed by atoms with van der Waals surface area (Å²) >= 11 is 0. The summed E-state index contributed by atoms with van der Waals surface area (Å²) in [6, 6.07) is 1.75. The van der Waals surface area contributed by atoms with Crippen LogP contribution < -0.4 is 5.32 Å². The Morgan fingerprint density at radius 2 is 1.50 bits per heavy atom. The summed E-state index contributed by atoms with van der Waals surface area (Å²) in [6.07, 6.45) is 4.23. The van der Waals surface area contributed by atoms with E-state index in [-0.39, 0.29) is 0 Å². The van der Waals surface area contributed by atoms with Crippen LogP contribution in [-0.4, -0.2) is 60.1 Å². The molecule has 3 fully saturated rings. The van der Waals surface area contributed by atoms with Gasteiger partial charge in [0.15, 0.2) is 0 Å². The molecule has 0 aromatic heterocycles. The average Bonchev–Trinajstić information content (AvgIpc) is 3.04. The van der Waals surface area contributed by atoms with Crippen LogP contribution in [0.3, 0.4) is 0 Å². The molecule has 2 heterocycles. The molecule has 1 saturated carbocycles. The molecule has 0 amide bonds. The molecule has 1 aliphatic carbocycles. The van der Waals surface area contributed by atoms with Gasteiger partial charge in [-0.25, -0.2) is 0 Å². The molecule has 0 aromatic carbocycles. The van der Waals surface area contributed by atoms with E-state index < -0.39 is 0 Å². The van der Waals surface area contributed by atoms with Gasteiger partial charge >= 0.3 is 0 Å². The molecule has 92 valence electrons. The summed E-state index contributed by atoms with van der Waals surface area (Å²) in [5, 5.41) is 3.63. The number of nitrogens with zero attached hydrogens (tertiary/aromatic N) is 2. The molecule has 0 bridgehead atoms. The highest BCUT2D eigenvalue weighted by atomic mass is 15.3. The van der Waals surface area contributed by atoms with Crippen molar-refractivity contribution in [2.24, 2.45) is 0 Å². The van der Waals surface area contributed by atoms with Crippen molar-refractivity contribution in [1.82, 2.24) is 15.1 Å². The van der Waals surface area contributed by atoms with Crippen molar-refractivity contribution < 1.29 is 0 Å². The fourth-order valence-electron chi connectivity index (χ4n) is 3.29. The van der Waals surface area contributed by atoms with Crippen LogP contribution in [0, 0.1) is 0 Å². The normalized spacial score (nSPS) is 36.8. The van der Waals surface area contributed by atoms with Gasteiger partial charge in [-0.1, -0.05) is 0 Å². The lowest BCUT2D eigenvalue weighted by Gasteiger charge is -2.38. The van der Waals surface area contributed by atoms with E-state index in [1.807, 2.05) is 0 Å². The standard InChI is InChI=1S/C13H25N3/c1-13(2)9-12(10-14-13)16-7-5-15(6-8-16)11-3-4-11/h11-12,14H,3-10H2,1-2H3. The van der Waals surface area contributed by atoms with Gasteiger partial charge in [0.05, 0.1) is 0 Å². The third kappa shape index (κ3) is 2.27. The Balaban J connectivity index is 1.50. The van der Waals surface area contributed by atoms with Gasteiger partial charge in [-0.05, 0) is 33.1 Å². The van der Waals surface area contributed by atoms with Crippen LogP contribution in [0.25, 0.3) is 0 Å². The van der Waals surface area contributed by atoms with Gasteiger partial charge in [0.2, 0.25) is 0 Å². The van der Waals surface area contributed by atoms with Crippen molar-refractivity contribution in [3.05, 3.63) is 0 Å². The van der Waals surface area contributed by atoms with Crippen LogP contribution in [0.5, 0.6) is 0 Å². The van der Waals surface area contributed by atoms with Crippen molar-refractivity contribution in [3.63, 3.8) is 0 Å². The Bertz CT molecular complexity index is 252.